The molecule has 0 bridgehead atoms. The molecule has 7 heteroatoms. The lowest BCUT2D eigenvalue weighted by atomic mass is 10.0. The number of rotatable bonds is 3. The molecule has 0 saturated heterocycles. The fourth-order valence-electron chi connectivity index (χ4n) is 1.95. The fraction of sp³-hybridized carbons (Fsp3) is 0.417. The Kier molecular flexibility index (Phi) is 3.51. The fourth-order valence-corrected chi connectivity index (χ4v) is 2.71. The van der Waals surface area contributed by atoms with Crippen LogP contribution >= 0.6 is 0 Å². The molecule has 3 N–H and O–H groups in total. The average Bonchev–Trinajstić information content (AvgIpc) is 2.36. The molecular formula is C12H17N3O3S. The van der Waals surface area contributed by atoms with Crippen LogP contribution in [0.25, 0.3) is 0 Å². The smallest absolute Gasteiger partial charge is 0.247 e. The third-order valence-electron chi connectivity index (χ3n) is 3.09. The second kappa shape index (κ2) is 4.82. The highest BCUT2D eigenvalue weighted by molar-refractivity contribution is 7.89. The van der Waals surface area contributed by atoms with Crippen LogP contribution < -0.4 is 15.4 Å². The summed E-state index contributed by atoms with van der Waals surface area (Å²) in [5.74, 6) is -0.00428. The van der Waals surface area contributed by atoms with Crippen molar-refractivity contribution in [2.75, 3.05) is 17.7 Å². The molecule has 1 heterocycles. The number of amides is 1. The van der Waals surface area contributed by atoms with Gasteiger partial charge in [-0.15, -0.1) is 0 Å². The van der Waals surface area contributed by atoms with Crippen LogP contribution in [0.2, 0.25) is 0 Å². The van der Waals surface area contributed by atoms with E-state index in [4.69, 9.17) is 0 Å². The minimum atomic E-state index is -3.51. The molecule has 1 aliphatic heterocycles. The summed E-state index contributed by atoms with van der Waals surface area (Å²) < 4.78 is 25.6. The van der Waals surface area contributed by atoms with Crippen molar-refractivity contribution < 1.29 is 13.2 Å². The molecule has 0 fully saturated rings. The average molecular weight is 283 g/mol. The summed E-state index contributed by atoms with van der Waals surface area (Å²) in [5.41, 5.74) is 1.21. The Bertz CT molecular complexity index is 611. The number of hydrogen-bond acceptors (Lipinski definition) is 4. The zero-order valence-corrected chi connectivity index (χ0v) is 11.8. The van der Waals surface area contributed by atoms with E-state index >= 15 is 0 Å². The third-order valence-corrected chi connectivity index (χ3v) is 4.50. The quantitative estimate of drug-likeness (QED) is 0.772. The lowest BCUT2D eigenvalue weighted by molar-refractivity contribution is -0.117. The summed E-state index contributed by atoms with van der Waals surface area (Å²) in [6.45, 7) is 3.89. The molecule has 2 rings (SSSR count). The number of carbonyl (C=O) groups excluding carboxylic acids is 1. The van der Waals surface area contributed by atoms with Gasteiger partial charge in [0.15, 0.2) is 0 Å². The molecule has 0 spiro atoms. The molecule has 0 saturated carbocycles. The van der Waals surface area contributed by atoms with Gasteiger partial charge in [-0.2, -0.15) is 0 Å². The van der Waals surface area contributed by atoms with Gasteiger partial charge in [0, 0.05) is 0 Å². The lowest BCUT2D eigenvalue weighted by Gasteiger charge is -2.29. The summed E-state index contributed by atoms with van der Waals surface area (Å²) in [5, 5.41) is 5.85. The number of fused-ring (bicyclic) bond motifs is 1. The van der Waals surface area contributed by atoms with E-state index in [1.54, 1.807) is 6.07 Å². The molecule has 19 heavy (non-hydrogen) atoms. The van der Waals surface area contributed by atoms with Crippen molar-refractivity contribution in [1.82, 2.24) is 4.72 Å². The first-order chi connectivity index (χ1) is 8.85. The van der Waals surface area contributed by atoms with E-state index in [-0.39, 0.29) is 22.8 Å². The Balaban J connectivity index is 2.40. The zero-order valence-electron chi connectivity index (χ0n) is 11.0. The normalized spacial score (nSPS) is 18.7. The van der Waals surface area contributed by atoms with Crippen molar-refractivity contribution in [2.24, 2.45) is 5.92 Å². The standard InChI is InChI=1S/C12H17N3O3S/c1-7(2)11-12(16)15-10-6-8(19(17,18)13-3)4-5-9(10)14-11/h4-7,11,13-14H,1-3H3,(H,15,16). The largest absolute Gasteiger partial charge is 0.372 e. The number of benzene rings is 1. The molecular weight excluding hydrogens is 266 g/mol. The second-order valence-electron chi connectivity index (χ2n) is 4.77. The molecule has 1 unspecified atom stereocenters. The van der Waals surface area contributed by atoms with Crippen LogP contribution in [0, 0.1) is 5.92 Å². The van der Waals surface area contributed by atoms with Gasteiger partial charge >= 0.3 is 0 Å². The Morgan fingerprint density at radius 2 is 1.95 bits per heavy atom. The zero-order chi connectivity index (χ0) is 14.2. The van der Waals surface area contributed by atoms with Crippen LogP contribution in [0.3, 0.4) is 0 Å². The number of anilines is 2. The third kappa shape index (κ3) is 2.57. The van der Waals surface area contributed by atoms with E-state index in [1.807, 2.05) is 13.8 Å². The summed E-state index contributed by atoms with van der Waals surface area (Å²) in [4.78, 5) is 12.0. The first kappa shape index (κ1) is 13.8. The molecule has 0 aliphatic carbocycles. The van der Waals surface area contributed by atoms with Gasteiger partial charge in [0.2, 0.25) is 15.9 Å². The van der Waals surface area contributed by atoms with Crippen molar-refractivity contribution in [3.63, 3.8) is 0 Å². The highest BCUT2D eigenvalue weighted by Crippen LogP contribution is 2.30. The van der Waals surface area contributed by atoms with Gasteiger partial charge in [0.1, 0.15) is 6.04 Å². The summed E-state index contributed by atoms with van der Waals surface area (Å²) >= 11 is 0. The van der Waals surface area contributed by atoms with E-state index < -0.39 is 10.0 Å². The molecule has 1 aliphatic rings. The Morgan fingerprint density at radius 3 is 2.53 bits per heavy atom. The molecule has 1 amide bonds. The highest BCUT2D eigenvalue weighted by Gasteiger charge is 2.28. The molecule has 1 aromatic rings. The van der Waals surface area contributed by atoms with Gasteiger partial charge in [-0.1, -0.05) is 13.8 Å². The number of sulfonamides is 1. The summed E-state index contributed by atoms with van der Waals surface area (Å²) in [7, 11) is -2.16. The van der Waals surface area contributed by atoms with E-state index in [0.29, 0.717) is 5.69 Å². The summed E-state index contributed by atoms with van der Waals surface area (Å²) in [6.07, 6.45) is 0. The molecule has 0 aromatic heterocycles. The van der Waals surface area contributed by atoms with E-state index in [9.17, 15) is 13.2 Å². The van der Waals surface area contributed by atoms with Gasteiger partial charge in [-0.25, -0.2) is 13.1 Å². The Labute approximate surface area is 112 Å². The van der Waals surface area contributed by atoms with Crippen molar-refractivity contribution in [1.29, 1.82) is 0 Å². The maximum absolute atomic E-state index is 11.9. The molecule has 1 atom stereocenters. The van der Waals surface area contributed by atoms with Gasteiger partial charge in [-0.05, 0) is 31.2 Å². The van der Waals surface area contributed by atoms with Crippen LogP contribution in [0.4, 0.5) is 11.4 Å². The topological polar surface area (TPSA) is 87.3 Å². The minimum absolute atomic E-state index is 0.124. The van der Waals surface area contributed by atoms with E-state index in [1.165, 1.54) is 19.2 Å². The van der Waals surface area contributed by atoms with Crippen molar-refractivity contribution in [2.45, 2.75) is 24.8 Å². The van der Waals surface area contributed by atoms with Crippen LogP contribution in [-0.4, -0.2) is 27.4 Å². The van der Waals surface area contributed by atoms with Crippen LogP contribution in [0.1, 0.15) is 13.8 Å². The van der Waals surface area contributed by atoms with Crippen molar-refractivity contribution >= 4 is 27.3 Å². The van der Waals surface area contributed by atoms with E-state index in [0.717, 1.165) is 5.69 Å². The molecule has 0 radical (unpaired) electrons. The number of carbonyl (C=O) groups is 1. The minimum Gasteiger partial charge on any atom is -0.372 e. The maximum atomic E-state index is 11.9. The first-order valence-electron chi connectivity index (χ1n) is 6.00. The van der Waals surface area contributed by atoms with Crippen molar-refractivity contribution in [3.05, 3.63) is 18.2 Å². The lowest BCUT2D eigenvalue weighted by Crippen LogP contribution is -2.42. The van der Waals surface area contributed by atoms with Crippen LogP contribution in [-0.2, 0) is 14.8 Å². The molecule has 104 valence electrons. The van der Waals surface area contributed by atoms with Crippen LogP contribution in [0.15, 0.2) is 23.1 Å². The maximum Gasteiger partial charge on any atom is 0.247 e. The molecule has 1 aromatic carbocycles. The summed E-state index contributed by atoms with van der Waals surface area (Å²) in [6, 6.07) is 4.31. The van der Waals surface area contributed by atoms with Crippen LogP contribution in [0.5, 0.6) is 0 Å². The van der Waals surface area contributed by atoms with Gasteiger partial charge in [0.05, 0.1) is 16.3 Å². The van der Waals surface area contributed by atoms with Gasteiger partial charge in [0.25, 0.3) is 0 Å². The monoisotopic (exact) mass is 283 g/mol. The van der Waals surface area contributed by atoms with Gasteiger partial charge < -0.3 is 10.6 Å². The van der Waals surface area contributed by atoms with Gasteiger partial charge in [-0.3, -0.25) is 4.79 Å². The highest BCUT2D eigenvalue weighted by atomic mass is 32.2. The SMILES string of the molecule is CNS(=O)(=O)c1ccc2c(c1)NC(=O)C(C(C)C)N2. The number of nitrogens with one attached hydrogen (secondary N) is 3. The molecule has 6 nitrogen and oxygen atoms in total. The van der Waals surface area contributed by atoms with Crippen molar-refractivity contribution in [3.8, 4) is 0 Å². The first-order valence-corrected chi connectivity index (χ1v) is 7.48. The van der Waals surface area contributed by atoms with E-state index in [2.05, 4.69) is 15.4 Å². The Hall–Kier alpha value is -1.60. The second-order valence-corrected chi connectivity index (χ2v) is 6.66. The predicted molar refractivity (Wildman–Crippen MR) is 73.6 cm³/mol. The predicted octanol–water partition coefficient (Wildman–Crippen LogP) is 0.983. The Morgan fingerprint density at radius 1 is 1.26 bits per heavy atom. The number of hydrogen-bond donors (Lipinski definition) is 3.